The van der Waals surface area contributed by atoms with Crippen molar-refractivity contribution in [3.63, 3.8) is 0 Å². The maximum Gasteiger partial charge on any atom is 0.139 e. The van der Waals surface area contributed by atoms with E-state index in [0.717, 1.165) is 57.9 Å². The Balaban J connectivity index is 0.000000253. The average Bonchev–Trinajstić information content (AvgIpc) is 2.56. The molecule has 1 aromatic carbocycles. The Morgan fingerprint density at radius 1 is 0.870 bits per heavy atom. The van der Waals surface area contributed by atoms with Crippen molar-refractivity contribution >= 4 is 18.2 Å². The topological polar surface area (TPSA) is 41.1 Å². The minimum atomic E-state index is -0.537. The van der Waals surface area contributed by atoms with Crippen molar-refractivity contribution in [3.8, 4) is 0 Å². The predicted molar refractivity (Wildman–Crippen MR) is 89.8 cm³/mol. The third-order valence-electron chi connectivity index (χ3n) is 4.27. The summed E-state index contributed by atoms with van der Waals surface area (Å²) >= 11 is 0. The van der Waals surface area contributed by atoms with E-state index < -0.39 is 11.6 Å². The van der Waals surface area contributed by atoms with Crippen molar-refractivity contribution in [1.82, 2.24) is 10.6 Å². The van der Waals surface area contributed by atoms with Gasteiger partial charge in [-0.2, -0.15) is 0 Å². The molecule has 130 valence electrons. The van der Waals surface area contributed by atoms with Crippen LogP contribution in [0.3, 0.4) is 0 Å². The molecule has 2 saturated heterocycles. The molecule has 0 aromatic heterocycles. The molecule has 1 aromatic rings. The first-order chi connectivity index (χ1) is 10.7. The van der Waals surface area contributed by atoms with Crippen LogP contribution in [0.4, 0.5) is 8.78 Å². The zero-order chi connectivity index (χ0) is 15.8. The second-order valence-corrected chi connectivity index (χ2v) is 5.89. The quantitative estimate of drug-likeness (QED) is 0.865. The number of Topliss-reactive ketones (excluding diaryl/α,β-unsaturated/α-hetero) is 1. The third kappa shape index (κ3) is 6.94. The lowest BCUT2D eigenvalue weighted by Crippen LogP contribution is -2.38. The molecule has 0 bridgehead atoms. The highest BCUT2D eigenvalue weighted by molar-refractivity contribution is 5.85. The molecule has 0 spiro atoms. The number of ketones is 1. The summed E-state index contributed by atoms with van der Waals surface area (Å²) in [6.07, 6.45) is 4.23. The van der Waals surface area contributed by atoms with Gasteiger partial charge < -0.3 is 10.6 Å². The van der Waals surface area contributed by atoms with E-state index in [9.17, 15) is 13.6 Å². The molecule has 0 radical (unpaired) electrons. The number of halogens is 3. The SMILES string of the molecule is Cl.Fc1cccc(F)c1.O=C(C1CCNCC1)C1CCNCC1. The summed E-state index contributed by atoms with van der Waals surface area (Å²) < 4.78 is 23.9. The van der Waals surface area contributed by atoms with Crippen molar-refractivity contribution in [1.29, 1.82) is 0 Å². The average molecular weight is 347 g/mol. The molecular weight excluding hydrogens is 322 g/mol. The molecule has 2 aliphatic heterocycles. The predicted octanol–water partition coefficient (Wildman–Crippen LogP) is 2.94. The lowest BCUT2D eigenvalue weighted by molar-refractivity contribution is -0.128. The molecule has 2 aliphatic rings. The maximum absolute atomic E-state index is 12.1. The van der Waals surface area contributed by atoms with Crippen molar-refractivity contribution < 1.29 is 13.6 Å². The first kappa shape index (κ1) is 20.0. The monoisotopic (exact) mass is 346 g/mol. The largest absolute Gasteiger partial charge is 0.317 e. The fraction of sp³-hybridized carbons (Fsp3) is 0.588. The Morgan fingerprint density at radius 3 is 1.57 bits per heavy atom. The molecule has 0 amide bonds. The van der Waals surface area contributed by atoms with Gasteiger partial charge in [-0.15, -0.1) is 12.4 Å². The first-order valence-electron chi connectivity index (χ1n) is 8.03. The molecule has 2 N–H and O–H groups in total. The number of carbonyl (C=O) groups excluding carboxylic acids is 1. The van der Waals surface area contributed by atoms with Crippen LogP contribution < -0.4 is 10.6 Å². The van der Waals surface area contributed by atoms with Gasteiger partial charge in [0.2, 0.25) is 0 Å². The van der Waals surface area contributed by atoms with Gasteiger partial charge in [-0.25, -0.2) is 8.78 Å². The fourth-order valence-electron chi connectivity index (χ4n) is 3.01. The second-order valence-electron chi connectivity index (χ2n) is 5.89. The number of piperidine rings is 2. The van der Waals surface area contributed by atoms with Crippen LogP contribution in [-0.2, 0) is 4.79 Å². The van der Waals surface area contributed by atoms with Gasteiger partial charge in [-0.1, -0.05) is 6.07 Å². The van der Waals surface area contributed by atoms with Crippen LogP contribution in [-0.4, -0.2) is 32.0 Å². The van der Waals surface area contributed by atoms with Gasteiger partial charge in [-0.05, 0) is 64.0 Å². The molecular formula is C17H25ClF2N2O. The van der Waals surface area contributed by atoms with Gasteiger partial charge in [-0.3, -0.25) is 4.79 Å². The van der Waals surface area contributed by atoms with Gasteiger partial charge in [0.05, 0.1) is 0 Å². The Hall–Kier alpha value is -1.04. The smallest absolute Gasteiger partial charge is 0.139 e. The number of hydrogen-bond acceptors (Lipinski definition) is 3. The highest BCUT2D eigenvalue weighted by Crippen LogP contribution is 2.22. The zero-order valence-electron chi connectivity index (χ0n) is 13.2. The van der Waals surface area contributed by atoms with E-state index in [1.54, 1.807) is 0 Å². The summed E-state index contributed by atoms with van der Waals surface area (Å²) in [5, 5.41) is 6.62. The van der Waals surface area contributed by atoms with Gasteiger partial charge in [0.1, 0.15) is 17.4 Å². The van der Waals surface area contributed by atoms with Crippen LogP contribution in [0.1, 0.15) is 25.7 Å². The number of carbonyl (C=O) groups is 1. The lowest BCUT2D eigenvalue weighted by atomic mass is 9.82. The van der Waals surface area contributed by atoms with Crippen molar-refractivity contribution in [2.75, 3.05) is 26.2 Å². The highest BCUT2D eigenvalue weighted by Gasteiger charge is 2.28. The van der Waals surface area contributed by atoms with Crippen LogP contribution in [0.15, 0.2) is 24.3 Å². The van der Waals surface area contributed by atoms with E-state index in [-0.39, 0.29) is 12.4 Å². The van der Waals surface area contributed by atoms with E-state index in [0.29, 0.717) is 17.6 Å². The molecule has 0 unspecified atom stereocenters. The molecule has 2 fully saturated rings. The number of rotatable bonds is 2. The molecule has 0 aliphatic carbocycles. The van der Waals surface area contributed by atoms with Gasteiger partial charge in [0.25, 0.3) is 0 Å². The van der Waals surface area contributed by atoms with Crippen LogP contribution in [0.25, 0.3) is 0 Å². The third-order valence-corrected chi connectivity index (χ3v) is 4.27. The van der Waals surface area contributed by atoms with Crippen LogP contribution >= 0.6 is 12.4 Å². The fourth-order valence-corrected chi connectivity index (χ4v) is 3.01. The molecule has 3 rings (SSSR count). The maximum atomic E-state index is 12.1. The van der Waals surface area contributed by atoms with Gasteiger partial charge in [0.15, 0.2) is 0 Å². The van der Waals surface area contributed by atoms with Crippen molar-refractivity contribution in [2.45, 2.75) is 25.7 Å². The van der Waals surface area contributed by atoms with Crippen LogP contribution in [0, 0.1) is 23.5 Å². The summed E-state index contributed by atoms with van der Waals surface area (Å²) in [5.74, 6) is 0.196. The van der Waals surface area contributed by atoms with Gasteiger partial charge in [0, 0.05) is 17.9 Å². The molecule has 2 heterocycles. The van der Waals surface area contributed by atoms with E-state index in [1.807, 2.05) is 0 Å². The van der Waals surface area contributed by atoms with Crippen LogP contribution in [0.2, 0.25) is 0 Å². The minimum Gasteiger partial charge on any atom is -0.317 e. The molecule has 23 heavy (non-hydrogen) atoms. The highest BCUT2D eigenvalue weighted by atomic mass is 35.5. The Bertz CT molecular complexity index is 438. The standard InChI is InChI=1S/C11H20N2O.C6H4F2.ClH/c14-11(9-1-5-12-6-2-9)10-3-7-13-8-4-10;7-5-2-1-3-6(8)4-5;/h9-10,12-13H,1-8H2;1-4H;1H. The van der Waals surface area contributed by atoms with Crippen molar-refractivity contribution in [3.05, 3.63) is 35.9 Å². The van der Waals surface area contributed by atoms with Gasteiger partial charge >= 0.3 is 0 Å². The summed E-state index contributed by atoms with van der Waals surface area (Å²) in [4.78, 5) is 12.1. The summed E-state index contributed by atoms with van der Waals surface area (Å²) in [6, 6.07) is 4.55. The normalized spacial score (nSPS) is 19.2. The lowest BCUT2D eigenvalue weighted by Gasteiger charge is -2.28. The Labute approximate surface area is 142 Å². The zero-order valence-corrected chi connectivity index (χ0v) is 14.0. The number of benzene rings is 1. The van der Waals surface area contributed by atoms with E-state index in [2.05, 4.69) is 10.6 Å². The summed E-state index contributed by atoms with van der Waals surface area (Å²) in [7, 11) is 0. The Kier molecular flexibility index (Phi) is 9.29. The minimum absolute atomic E-state index is 0. The molecule has 0 saturated carbocycles. The van der Waals surface area contributed by atoms with E-state index in [4.69, 9.17) is 0 Å². The molecule has 0 atom stereocenters. The molecule has 6 heteroatoms. The Morgan fingerprint density at radius 2 is 1.26 bits per heavy atom. The first-order valence-corrected chi connectivity index (χ1v) is 8.03. The summed E-state index contributed by atoms with van der Waals surface area (Å²) in [5.41, 5.74) is 0. The van der Waals surface area contributed by atoms with E-state index >= 15 is 0 Å². The van der Waals surface area contributed by atoms with Crippen molar-refractivity contribution in [2.24, 2.45) is 11.8 Å². The number of hydrogen-bond donors (Lipinski definition) is 2. The van der Waals surface area contributed by atoms with Crippen LogP contribution in [0.5, 0.6) is 0 Å². The second kappa shape index (κ2) is 10.7. The number of nitrogens with one attached hydrogen (secondary N) is 2. The molecule has 3 nitrogen and oxygen atoms in total. The van der Waals surface area contributed by atoms with E-state index in [1.165, 1.54) is 18.2 Å². The summed E-state index contributed by atoms with van der Waals surface area (Å²) in [6.45, 7) is 4.12.